The fourth-order valence-corrected chi connectivity index (χ4v) is 2.68. The zero-order chi connectivity index (χ0) is 14.0. The van der Waals surface area contributed by atoms with Crippen molar-refractivity contribution in [1.29, 1.82) is 0 Å². The third-order valence-electron chi connectivity index (χ3n) is 3.78. The van der Waals surface area contributed by atoms with E-state index in [0.29, 0.717) is 6.54 Å². The molecule has 0 aliphatic rings. The third-order valence-corrected chi connectivity index (χ3v) is 3.78. The van der Waals surface area contributed by atoms with Crippen molar-refractivity contribution in [2.75, 3.05) is 13.1 Å². The van der Waals surface area contributed by atoms with Crippen molar-refractivity contribution in [2.45, 2.75) is 27.2 Å². The van der Waals surface area contributed by atoms with Crippen LogP contribution in [0.25, 0.3) is 10.9 Å². The molecular weight excluding hydrogens is 236 g/mol. The van der Waals surface area contributed by atoms with Crippen LogP contribution in [0, 0.1) is 6.92 Å². The number of nitrogens with zero attached hydrogens (tertiary/aromatic N) is 1. The maximum atomic E-state index is 12.4. The van der Waals surface area contributed by atoms with E-state index < -0.39 is 0 Å². The number of hydrogen-bond acceptors (Lipinski definition) is 2. The predicted molar refractivity (Wildman–Crippen MR) is 79.9 cm³/mol. The van der Waals surface area contributed by atoms with E-state index in [-0.39, 0.29) is 5.78 Å². The Balaban J connectivity index is 2.62. The van der Waals surface area contributed by atoms with Gasteiger partial charge in [-0.25, -0.2) is 0 Å². The molecule has 0 aliphatic heterocycles. The summed E-state index contributed by atoms with van der Waals surface area (Å²) in [6.07, 6.45) is 0.982. The molecule has 1 aromatic carbocycles. The molecule has 3 nitrogen and oxygen atoms in total. The van der Waals surface area contributed by atoms with Gasteiger partial charge in [-0.15, -0.1) is 0 Å². The number of carbonyl (C=O) groups is 1. The SMILES string of the molecule is CCNCC(=O)c1c(C)n(C)c2c(CC)cccc12. The van der Waals surface area contributed by atoms with Crippen LogP contribution in [0.15, 0.2) is 18.2 Å². The van der Waals surface area contributed by atoms with E-state index in [2.05, 4.69) is 28.9 Å². The predicted octanol–water partition coefficient (Wildman–Crippen LogP) is 2.84. The first kappa shape index (κ1) is 13.8. The maximum absolute atomic E-state index is 12.4. The molecule has 0 radical (unpaired) electrons. The zero-order valence-corrected chi connectivity index (χ0v) is 12.2. The van der Waals surface area contributed by atoms with Crippen LogP contribution in [0.1, 0.15) is 35.5 Å². The summed E-state index contributed by atoms with van der Waals surface area (Å²) in [5.74, 6) is 0.179. The molecule has 1 heterocycles. The fourth-order valence-electron chi connectivity index (χ4n) is 2.68. The molecule has 1 aromatic heterocycles. The van der Waals surface area contributed by atoms with Gasteiger partial charge in [-0.2, -0.15) is 0 Å². The Hall–Kier alpha value is -1.61. The Morgan fingerprint density at radius 2 is 2.05 bits per heavy atom. The van der Waals surface area contributed by atoms with Gasteiger partial charge in [-0.1, -0.05) is 32.0 Å². The molecular formula is C16H22N2O. The third kappa shape index (κ3) is 2.30. The van der Waals surface area contributed by atoms with Gasteiger partial charge in [-0.05, 0) is 25.5 Å². The first-order chi connectivity index (χ1) is 9.11. The lowest BCUT2D eigenvalue weighted by Gasteiger charge is -2.03. The Bertz CT molecular complexity index is 611. The van der Waals surface area contributed by atoms with E-state index in [4.69, 9.17) is 0 Å². The molecule has 0 fully saturated rings. The quantitative estimate of drug-likeness (QED) is 0.837. The Labute approximate surface area is 114 Å². The van der Waals surface area contributed by atoms with Crippen molar-refractivity contribution in [1.82, 2.24) is 9.88 Å². The number of nitrogens with one attached hydrogen (secondary N) is 1. The normalized spacial score (nSPS) is 11.2. The van der Waals surface area contributed by atoms with E-state index in [1.165, 1.54) is 11.1 Å². The van der Waals surface area contributed by atoms with Crippen LogP contribution in [0.5, 0.6) is 0 Å². The first-order valence-electron chi connectivity index (χ1n) is 6.92. The second-order valence-corrected chi connectivity index (χ2v) is 4.89. The van der Waals surface area contributed by atoms with E-state index in [0.717, 1.165) is 29.6 Å². The number of Topliss-reactive ketones (excluding diaryl/α,β-unsaturated/α-hetero) is 1. The van der Waals surface area contributed by atoms with Crippen molar-refractivity contribution >= 4 is 16.7 Å². The summed E-state index contributed by atoms with van der Waals surface area (Å²) in [5, 5.41) is 4.20. The van der Waals surface area contributed by atoms with E-state index >= 15 is 0 Å². The molecule has 3 heteroatoms. The zero-order valence-electron chi connectivity index (χ0n) is 12.2. The minimum absolute atomic E-state index is 0.179. The smallest absolute Gasteiger partial charge is 0.179 e. The summed E-state index contributed by atoms with van der Waals surface area (Å²) in [4.78, 5) is 12.4. The highest BCUT2D eigenvalue weighted by Gasteiger charge is 2.19. The minimum atomic E-state index is 0.179. The summed E-state index contributed by atoms with van der Waals surface area (Å²) in [6.45, 7) is 7.41. The number of ketones is 1. The van der Waals surface area contributed by atoms with Crippen molar-refractivity contribution in [3.05, 3.63) is 35.0 Å². The number of carbonyl (C=O) groups excluding carboxylic acids is 1. The number of likely N-dealkylation sites (N-methyl/N-ethyl adjacent to an activating group) is 1. The lowest BCUT2D eigenvalue weighted by atomic mass is 10.0. The molecule has 19 heavy (non-hydrogen) atoms. The molecule has 0 bridgehead atoms. The van der Waals surface area contributed by atoms with Crippen LogP contribution in [0.4, 0.5) is 0 Å². The van der Waals surface area contributed by atoms with Crippen LogP contribution < -0.4 is 5.32 Å². The van der Waals surface area contributed by atoms with Crippen LogP contribution in [0.3, 0.4) is 0 Å². The van der Waals surface area contributed by atoms with E-state index in [9.17, 15) is 4.79 Å². The number of aryl methyl sites for hydroxylation is 2. The Morgan fingerprint density at radius 3 is 2.68 bits per heavy atom. The standard InChI is InChI=1S/C16H22N2O/c1-5-12-8-7-9-13-15(14(19)10-17-6-2)11(3)18(4)16(12)13/h7-9,17H,5-6,10H2,1-4H3. The van der Waals surface area contributed by atoms with Gasteiger partial charge in [0.1, 0.15) is 0 Å². The first-order valence-corrected chi connectivity index (χ1v) is 6.92. The lowest BCUT2D eigenvalue weighted by molar-refractivity contribution is 0.0992. The van der Waals surface area contributed by atoms with Crippen molar-refractivity contribution in [2.24, 2.45) is 7.05 Å². The minimum Gasteiger partial charge on any atom is -0.347 e. The van der Waals surface area contributed by atoms with Gasteiger partial charge in [0, 0.05) is 23.7 Å². The summed E-state index contributed by atoms with van der Waals surface area (Å²) in [5.41, 5.74) is 4.42. The summed E-state index contributed by atoms with van der Waals surface area (Å²) in [6, 6.07) is 6.24. The molecule has 0 unspecified atom stereocenters. The maximum Gasteiger partial charge on any atom is 0.179 e. The van der Waals surface area contributed by atoms with Gasteiger partial charge in [0.2, 0.25) is 0 Å². The van der Waals surface area contributed by atoms with Gasteiger partial charge < -0.3 is 9.88 Å². The van der Waals surface area contributed by atoms with Crippen molar-refractivity contribution < 1.29 is 4.79 Å². The van der Waals surface area contributed by atoms with Crippen LogP contribution in [-0.2, 0) is 13.5 Å². The number of benzene rings is 1. The largest absolute Gasteiger partial charge is 0.347 e. The highest BCUT2D eigenvalue weighted by molar-refractivity contribution is 6.11. The number of aromatic nitrogens is 1. The molecule has 0 spiro atoms. The molecule has 2 rings (SSSR count). The molecule has 0 aliphatic carbocycles. The molecule has 102 valence electrons. The average molecular weight is 258 g/mol. The monoisotopic (exact) mass is 258 g/mol. The molecule has 2 aromatic rings. The highest BCUT2D eigenvalue weighted by atomic mass is 16.1. The number of para-hydroxylation sites is 1. The number of rotatable bonds is 5. The second-order valence-electron chi connectivity index (χ2n) is 4.89. The molecule has 0 saturated heterocycles. The Kier molecular flexibility index (Phi) is 4.05. The van der Waals surface area contributed by atoms with Gasteiger partial charge in [0.15, 0.2) is 5.78 Å². The van der Waals surface area contributed by atoms with Crippen LogP contribution in [-0.4, -0.2) is 23.4 Å². The van der Waals surface area contributed by atoms with Gasteiger partial charge >= 0.3 is 0 Å². The lowest BCUT2D eigenvalue weighted by Crippen LogP contribution is -2.23. The summed E-state index contributed by atoms with van der Waals surface area (Å²) in [7, 11) is 2.04. The summed E-state index contributed by atoms with van der Waals surface area (Å²) < 4.78 is 2.15. The number of fused-ring (bicyclic) bond motifs is 1. The fraction of sp³-hybridized carbons (Fsp3) is 0.438. The van der Waals surface area contributed by atoms with Gasteiger partial charge in [0.25, 0.3) is 0 Å². The van der Waals surface area contributed by atoms with Gasteiger partial charge in [0.05, 0.1) is 12.1 Å². The van der Waals surface area contributed by atoms with Gasteiger partial charge in [-0.3, -0.25) is 4.79 Å². The van der Waals surface area contributed by atoms with E-state index in [1.54, 1.807) is 0 Å². The molecule has 0 atom stereocenters. The van der Waals surface area contributed by atoms with E-state index in [1.807, 2.05) is 27.0 Å². The van der Waals surface area contributed by atoms with Crippen molar-refractivity contribution in [3.63, 3.8) is 0 Å². The van der Waals surface area contributed by atoms with Crippen LogP contribution in [0.2, 0.25) is 0 Å². The molecule has 0 amide bonds. The molecule has 0 saturated carbocycles. The number of hydrogen-bond donors (Lipinski definition) is 1. The Morgan fingerprint density at radius 1 is 1.32 bits per heavy atom. The topological polar surface area (TPSA) is 34.0 Å². The average Bonchev–Trinajstić information content (AvgIpc) is 2.68. The van der Waals surface area contributed by atoms with Crippen molar-refractivity contribution in [3.8, 4) is 0 Å². The molecule has 1 N–H and O–H groups in total. The highest BCUT2D eigenvalue weighted by Crippen LogP contribution is 2.28. The van der Waals surface area contributed by atoms with Crippen LogP contribution >= 0.6 is 0 Å². The second kappa shape index (κ2) is 5.57. The summed E-state index contributed by atoms with van der Waals surface area (Å²) >= 11 is 0.